The van der Waals surface area contributed by atoms with Crippen molar-refractivity contribution < 1.29 is 4.79 Å². The first kappa shape index (κ1) is 14.0. The van der Waals surface area contributed by atoms with Gasteiger partial charge in [-0.05, 0) is 40.3 Å². The van der Waals surface area contributed by atoms with Crippen LogP contribution in [0.3, 0.4) is 0 Å². The van der Waals surface area contributed by atoms with E-state index in [4.69, 9.17) is 17.3 Å². The highest BCUT2D eigenvalue weighted by atomic mass is 127. The molecule has 0 radical (unpaired) electrons. The van der Waals surface area contributed by atoms with Crippen LogP contribution in [0.1, 0.15) is 15.9 Å². The van der Waals surface area contributed by atoms with Crippen molar-refractivity contribution in [2.45, 2.75) is 6.54 Å². The third kappa shape index (κ3) is 3.13. The van der Waals surface area contributed by atoms with Gasteiger partial charge in [-0.3, -0.25) is 14.2 Å². The molecule has 2 N–H and O–H groups in total. The number of benzene rings is 1. The minimum atomic E-state index is -0.540. The molecule has 1 heterocycles. The average Bonchev–Trinajstić information content (AvgIpc) is 2.37. The molecule has 1 aromatic carbocycles. The molecule has 1 aromatic heterocycles. The third-order valence-corrected chi connectivity index (χ3v) is 3.63. The number of rotatable bonds is 3. The molecule has 0 unspecified atom stereocenters. The van der Waals surface area contributed by atoms with Crippen molar-refractivity contribution in [2.24, 2.45) is 5.73 Å². The largest absolute Gasteiger partial charge is 0.366 e. The Balaban J connectivity index is 2.36. The van der Waals surface area contributed by atoms with Gasteiger partial charge in [0.15, 0.2) is 0 Å². The van der Waals surface area contributed by atoms with Crippen LogP contribution in [0.5, 0.6) is 0 Å². The van der Waals surface area contributed by atoms with Gasteiger partial charge in [0.2, 0.25) is 5.91 Å². The number of aromatic nitrogens is 2. The molecule has 0 fully saturated rings. The number of hydrogen-bond acceptors (Lipinski definition) is 3. The highest BCUT2D eigenvalue weighted by Gasteiger charge is 2.08. The van der Waals surface area contributed by atoms with Crippen LogP contribution in [0.25, 0.3) is 0 Å². The Morgan fingerprint density at radius 1 is 1.47 bits per heavy atom. The number of halogens is 2. The second kappa shape index (κ2) is 5.70. The zero-order chi connectivity index (χ0) is 14.0. The van der Waals surface area contributed by atoms with E-state index in [9.17, 15) is 9.59 Å². The Morgan fingerprint density at radius 2 is 2.21 bits per heavy atom. The van der Waals surface area contributed by atoms with E-state index >= 15 is 0 Å². The first-order chi connectivity index (χ1) is 8.99. The van der Waals surface area contributed by atoms with Crippen LogP contribution in [0.2, 0.25) is 5.02 Å². The molecule has 2 rings (SSSR count). The highest BCUT2D eigenvalue weighted by molar-refractivity contribution is 14.1. The normalized spacial score (nSPS) is 10.4. The van der Waals surface area contributed by atoms with Gasteiger partial charge in [0.1, 0.15) is 0 Å². The molecule has 0 bridgehead atoms. The highest BCUT2D eigenvalue weighted by Crippen LogP contribution is 2.18. The second-order valence-electron chi connectivity index (χ2n) is 3.85. The molecular formula is C12H9ClIN3O2. The molecule has 98 valence electrons. The van der Waals surface area contributed by atoms with Gasteiger partial charge in [-0.15, -0.1) is 0 Å². The van der Waals surface area contributed by atoms with E-state index < -0.39 is 5.91 Å². The number of amides is 1. The number of hydrogen-bond donors (Lipinski definition) is 1. The van der Waals surface area contributed by atoms with E-state index in [2.05, 4.69) is 4.98 Å². The first-order valence-corrected chi connectivity index (χ1v) is 6.73. The number of nitrogens with two attached hydrogens (primary N) is 1. The topological polar surface area (TPSA) is 78.0 Å². The van der Waals surface area contributed by atoms with Crippen LogP contribution in [-0.4, -0.2) is 15.5 Å². The van der Waals surface area contributed by atoms with Gasteiger partial charge in [0.05, 0.1) is 16.4 Å². The molecule has 0 spiro atoms. The second-order valence-corrected chi connectivity index (χ2v) is 5.41. The zero-order valence-electron chi connectivity index (χ0n) is 9.64. The lowest BCUT2D eigenvalue weighted by molar-refractivity contribution is 0.100. The van der Waals surface area contributed by atoms with Crippen LogP contribution >= 0.6 is 34.2 Å². The number of carbonyl (C=O) groups excluding carboxylic acids is 1. The Labute approximate surface area is 127 Å². The van der Waals surface area contributed by atoms with E-state index in [0.717, 1.165) is 5.56 Å². The molecule has 5 nitrogen and oxygen atoms in total. The molecular weight excluding hydrogens is 381 g/mol. The van der Waals surface area contributed by atoms with Crippen LogP contribution in [0.15, 0.2) is 35.5 Å². The summed E-state index contributed by atoms with van der Waals surface area (Å²) in [5.41, 5.74) is 6.09. The summed E-state index contributed by atoms with van der Waals surface area (Å²) in [4.78, 5) is 26.8. The van der Waals surface area contributed by atoms with Gasteiger partial charge in [0, 0.05) is 16.8 Å². The van der Waals surface area contributed by atoms with E-state index in [1.54, 1.807) is 12.1 Å². The van der Waals surface area contributed by atoms with Crippen molar-refractivity contribution in [3.63, 3.8) is 0 Å². The standard InChI is InChI=1S/C12H9ClIN3O2/c13-9-3-7(11(15)18)1-2-8(9)5-17-6-16-4-10(14)12(17)19/h1-4,6H,5H2,(H2,15,18). The maximum Gasteiger partial charge on any atom is 0.267 e. The minimum absolute atomic E-state index is 0.134. The monoisotopic (exact) mass is 389 g/mol. The maximum absolute atomic E-state index is 11.9. The summed E-state index contributed by atoms with van der Waals surface area (Å²) in [6, 6.07) is 4.75. The van der Waals surface area contributed by atoms with Crippen molar-refractivity contribution in [1.82, 2.24) is 9.55 Å². The molecule has 2 aromatic rings. The average molecular weight is 390 g/mol. The fourth-order valence-corrected chi connectivity index (χ4v) is 2.26. The molecule has 0 saturated carbocycles. The van der Waals surface area contributed by atoms with Crippen molar-refractivity contribution in [3.05, 3.63) is 60.8 Å². The van der Waals surface area contributed by atoms with Crippen molar-refractivity contribution in [2.75, 3.05) is 0 Å². The Bertz CT molecular complexity index is 700. The molecule has 0 atom stereocenters. The van der Waals surface area contributed by atoms with Gasteiger partial charge in [0.25, 0.3) is 5.56 Å². The summed E-state index contributed by atoms with van der Waals surface area (Å²) in [6.07, 6.45) is 2.94. The van der Waals surface area contributed by atoms with E-state index in [1.807, 2.05) is 22.6 Å². The van der Waals surface area contributed by atoms with Gasteiger partial charge in [-0.25, -0.2) is 4.98 Å². The Hall–Kier alpha value is -1.41. The van der Waals surface area contributed by atoms with Crippen LogP contribution in [0.4, 0.5) is 0 Å². The number of nitrogens with zero attached hydrogens (tertiary/aromatic N) is 2. The lowest BCUT2D eigenvalue weighted by Crippen LogP contribution is -2.23. The first-order valence-electron chi connectivity index (χ1n) is 5.27. The Morgan fingerprint density at radius 3 is 2.84 bits per heavy atom. The predicted octanol–water partition coefficient (Wildman–Crippen LogP) is 1.65. The molecule has 0 aliphatic heterocycles. The lowest BCUT2D eigenvalue weighted by Gasteiger charge is -2.08. The summed E-state index contributed by atoms with van der Waals surface area (Å²) in [5, 5.41) is 0.391. The summed E-state index contributed by atoms with van der Waals surface area (Å²) in [7, 11) is 0. The van der Waals surface area contributed by atoms with Gasteiger partial charge < -0.3 is 5.73 Å². The predicted molar refractivity (Wildman–Crippen MR) is 80.3 cm³/mol. The zero-order valence-corrected chi connectivity index (χ0v) is 12.6. The van der Waals surface area contributed by atoms with Crippen LogP contribution < -0.4 is 11.3 Å². The van der Waals surface area contributed by atoms with Crippen LogP contribution in [-0.2, 0) is 6.54 Å². The van der Waals surface area contributed by atoms with Gasteiger partial charge >= 0.3 is 0 Å². The van der Waals surface area contributed by atoms with Crippen molar-refractivity contribution in [3.8, 4) is 0 Å². The quantitative estimate of drug-likeness (QED) is 0.811. The molecule has 7 heteroatoms. The maximum atomic E-state index is 11.9. The summed E-state index contributed by atoms with van der Waals surface area (Å²) in [5.74, 6) is -0.540. The molecule has 0 aliphatic carbocycles. The minimum Gasteiger partial charge on any atom is -0.366 e. The molecule has 19 heavy (non-hydrogen) atoms. The summed E-state index contributed by atoms with van der Waals surface area (Å²) in [6.45, 7) is 0.292. The SMILES string of the molecule is NC(=O)c1ccc(Cn2cncc(I)c2=O)c(Cl)c1. The lowest BCUT2D eigenvalue weighted by atomic mass is 10.1. The van der Waals surface area contributed by atoms with Gasteiger partial charge in [-0.1, -0.05) is 17.7 Å². The number of carbonyl (C=O) groups is 1. The molecule has 0 saturated heterocycles. The van der Waals surface area contributed by atoms with Crippen LogP contribution in [0, 0.1) is 3.57 Å². The van der Waals surface area contributed by atoms with E-state index in [-0.39, 0.29) is 5.56 Å². The Kier molecular flexibility index (Phi) is 4.20. The fourth-order valence-electron chi connectivity index (χ4n) is 1.55. The number of primary amides is 1. The van der Waals surface area contributed by atoms with Crippen molar-refractivity contribution >= 4 is 40.1 Å². The van der Waals surface area contributed by atoms with Crippen molar-refractivity contribution in [1.29, 1.82) is 0 Å². The van der Waals surface area contributed by atoms with E-state index in [0.29, 0.717) is 20.7 Å². The van der Waals surface area contributed by atoms with Gasteiger partial charge in [-0.2, -0.15) is 0 Å². The summed E-state index contributed by atoms with van der Waals surface area (Å²) >= 11 is 8.00. The molecule has 1 amide bonds. The fraction of sp³-hybridized carbons (Fsp3) is 0.0833. The molecule has 0 aliphatic rings. The smallest absolute Gasteiger partial charge is 0.267 e. The third-order valence-electron chi connectivity index (χ3n) is 2.54. The summed E-state index contributed by atoms with van der Waals surface area (Å²) < 4.78 is 1.98. The van der Waals surface area contributed by atoms with E-state index in [1.165, 1.54) is 23.2 Å².